The average Bonchev–Trinajstić information content (AvgIpc) is 2.92. The molecule has 5 heteroatoms. The van der Waals surface area contributed by atoms with E-state index in [1.165, 1.54) is 0 Å². The van der Waals surface area contributed by atoms with Crippen LogP contribution in [0.1, 0.15) is 45.6 Å². The molecule has 0 spiro atoms. The highest BCUT2D eigenvalue weighted by atomic mass is 16.2. The minimum absolute atomic E-state index is 0.143. The Morgan fingerprint density at radius 2 is 2.39 bits per heavy atom. The van der Waals surface area contributed by atoms with E-state index in [0.717, 1.165) is 38.8 Å². The molecule has 0 unspecified atom stereocenters. The summed E-state index contributed by atoms with van der Waals surface area (Å²) in [5.74, 6) is 0.436. The van der Waals surface area contributed by atoms with Gasteiger partial charge in [0.05, 0.1) is 6.04 Å². The van der Waals surface area contributed by atoms with Gasteiger partial charge in [0.25, 0.3) is 0 Å². The number of carbonyl (C=O) groups is 1. The summed E-state index contributed by atoms with van der Waals surface area (Å²) in [6, 6.07) is 0.291. The Balaban J connectivity index is 1.96. The van der Waals surface area contributed by atoms with Crippen LogP contribution in [0.2, 0.25) is 0 Å². The van der Waals surface area contributed by atoms with Crippen LogP contribution in [0, 0.1) is 5.92 Å². The van der Waals surface area contributed by atoms with E-state index in [2.05, 4.69) is 17.0 Å². The molecule has 2 atom stereocenters. The topological polar surface area (TPSA) is 51.0 Å². The largest absolute Gasteiger partial charge is 0.340 e. The summed E-state index contributed by atoms with van der Waals surface area (Å²) in [4.78, 5) is 18.3. The Labute approximate surface area is 108 Å². The molecule has 1 aromatic rings. The second-order valence-electron chi connectivity index (χ2n) is 5.15. The molecule has 5 nitrogen and oxygen atoms in total. The number of hydrogen-bond acceptors (Lipinski definition) is 3. The summed E-state index contributed by atoms with van der Waals surface area (Å²) in [7, 11) is 0. The van der Waals surface area contributed by atoms with Crippen LogP contribution in [0.15, 0.2) is 12.7 Å². The lowest BCUT2D eigenvalue weighted by Crippen LogP contribution is -2.43. The predicted octanol–water partition coefficient (Wildman–Crippen LogP) is 1.88. The van der Waals surface area contributed by atoms with Crippen molar-refractivity contribution in [2.75, 3.05) is 13.1 Å². The predicted molar refractivity (Wildman–Crippen MR) is 68.9 cm³/mol. The van der Waals surface area contributed by atoms with Crippen LogP contribution < -0.4 is 0 Å². The molecule has 0 aromatic carbocycles. The van der Waals surface area contributed by atoms with Crippen molar-refractivity contribution in [1.29, 1.82) is 0 Å². The lowest BCUT2D eigenvalue weighted by atomic mass is 10.0. The van der Waals surface area contributed by atoms with Crippen LogP contribution in [0.3, 0.4) is 0 Å². The third kappa shape index (κ3) is 2.89. The number of carbonyl (C=O) groups excluding carboxylic acids is 1. The highest BCUT2D eigenvalue weighted by molar-refractivity contribution is 5.78. The highest BCUT2D eigenvalue weighted by Crippen LogP contribution is 2.22. The van der Waals surface area contributed by atoms with Crippen molar-refractivity contribution in [3.63, 3.8) is 0 Å². The first kappa shape index (κ1) is 13.1. The number of amides is 1. The summed E-state index contributed by atoms with van der Waals surface area (Å²) in [6.45, 7) is 5.82. The maximum Gasteiger partial charge on any atom is 0.225 e. The van der Waals surface area contributed by atoms with Gasteiger partial charge >= 0.3 is 0 Å². The van der Waals surface area contributed by atoms with Crippen molar-refractivity contribution in [2.24, 2.45) is 5.92 Å². The molecule has 18 heavy (non-hydrogen) atoms. The van der Waals surface area contributed by atoms with E-state index in [9.17, 15) is 4.79 Å². The van der Waals surface area contributed by atoms with Crippen LogP contribution in [-0.2, 0) is 4.79 Å². The van der Waals surface area contributed by atoms with Gasteiger partial charge in [-0.1, -0.05) is 20.3 Å². The minimum atomic E-state index is 0.143. The lowest BCUT2D eigenvalue weighted by molar-refractivity contribution is -0.137. The van der Waals surface area contributed by atoms with E-state index in [1.807, 2.05) is 16.5 Å². The van der Waals surface area contributed by atoms with E-state index in [-0.39, 0.29) is 5.92 Å². The lowest BCUT2D eigenvalue weighted by Gasteiger charge is -2.34. The maximum absolute atomic E-state index is 12.3. The molecule has 2 rings (SSSR count). The summed E-state index contributed by atoms with van der Waals surface area (Å²) in [6.07, 6.45) is 7.47. The molecule has 100 valence electrons. The van der Waals surface area contributed by atoms with Gasteiger partial charge in [-0.05, 0) is 19.3 Å². The number of rotatable bonds is 4. The molecule has 0 aliphatic carbocycles. The van der Waals surface area contributed by atoms with E-state index in [4.69, 9.17) is 0 Å². The quantitative estimate of drug-likeness (QED) is 0.819. The van der Waals surface area contributed by atoms with Crippen molar-refractivity contribution >= 4 is 5.91 Å². The second-order valence-corrected chi connectivity index (χ2v) is 5.15. The zero-order chi connectivity index (χ0) is 13.0. The molecule has 0 saturated carbocycles. The summed E-state index contributed by atoms with van der Waals surface area (Å²) < 4.78 is 1.88. The van der Waals surface area contributed by atoms with Crippen LogP contribution in [0.25, 0.3) is 0 Å². The van der Waals surface area contributed by atoms with E-state index in [0.29, 0.717) is 11.9 Å². The molecule has 1 aliphatic heterocycles. The molecule has 1 amide bonds. The van der Waals surface area contributed by atoms with Crippen LogP contribution in [0.4, 0.5) is 0 Å². The highest BCUT2D eigenvalue weighted by Gasteiger charge is 2.27. The first-order valence-corrected chi connectivity index (χ1v) is 6.85. The van der Waals surface area contributed by atoms with Gasteiger partial charge in [-0.2, -0.15) is 5.10 Å². The second kappa shape index (κ2) is 5.98. The van der Waals surface area contributed by atoms with Crippen molar-refractivity contribution in [3.8, 4) is 0 Å². The number of likely N-dealkylation sites (tertiary alicyclic amines) is 1. The first-order valence-electron chi connectivity index (χ1n) is 6.85. The standard InChI is InChI=1S/C13H22N4O/c1-3-5-11(2)13(18)16-7-4-6-12(8-16)17-10-14-9-15-17/h9-12H,3-8H2,1-2H3/t11-,12+/m0/s1. The molecule has 2 heterocycles. The van der Waals surface area contributed by atoms with Crippen molar-refractivity contribution < 1.29 is 4.79 Å². The summed E-state index contributed by atoms with van der Waals surface area (Å²) in [5.41, 5.74) is 0. The first-order chi connectivity index (χ1) is 8.72. The Morgan fingerprint density at radius 3 is 3.06 bits per heavy atom. The summed E-state index contributed by atoms with van der Waals surface area (Å²) >= 11 is 0. The van der Waals surface area contributed by atoms with Gasteiger partial charge in [-0.3, -0.25) is 4.79 Å². The third-order valence-corrected chi connectivity index (χ3v) is 3.66. The molecular weight excluding hydrogens is 228 g/mol. The van der Waals surface area contributed by atoms with Gasteiger partial charge in [0.1, 0.15) is 12.7 Å². The molecule has 1 fully saturated rings. The number of hydrogen-bond donors (Lipinski definition) is 0. The van der Waals surface area contributed by atoms with Crippen molar-refractivity contribution in [3.05, 3.63) is 12.7 Å². The average molecular weight is 250 g/mol. The molecular formula is C13H22N4O. The SMILES string of the molecule is CCC[C@H](C)C(=O)N1CCC[C@@H](n2cncn2)C1. The number of aromatic nitrogens is 3. The summed E-state index contributed by atoms with van der Waals surface area (Å²) in [5, 5.41) is 4.18. The molecule has 1 aliphatic rings. The van der Waals surface area contributed by atoms with Gasteiger partial charge in [-0.25, -0.2) is 9.67 Å². The number of piperidine rings is 1. The van der Waals surface area contributed by atoms with Crippen LogP contribution in [0.5, 0.6) is 0 Å². The zero-order valence-corrected chi connectivity index (χ0v) is 11.2. The molecule has 1 saturated heterocycles. The van der Waals surface area contributed by atoms with Crippen LogP contribution in [-0.4, -0.2) is 38.7 Å². The maximum atomic E-state index is 12.3. The van der Waals surface area contributed by atoms with Gasteiger partial charge in [-0.15, -0.1) is 0 Å². The van der Waals surface area contributed by atoms with Crippen molar-refractivity contribution in [1.82, 2.24) is 19.7 Å². The van der Waals surface area contributed by atoms with Gasteiger partial charge in [0.2, 0.25) is 5.91 Å². The third-order valence-electron chi connectivity index (χ3n) is 3.66. The van der Waals surface area contributed by atoms with Gasteiger partial charge in [0, 0.05) is 19.0 Å². The van der Waals surface area contributed by atoms with E-state index in [1.54, 1.807) is 12.7 Å². The van der Waals surface area contributed by atoms with E-state index < -0.39 is 0 Å². The Hall–Kier alpha value is -1.39. The minimum Gasteiger partial charge on any atom is -0.340 e. The normalized spacial score (nSPS) is 21.9. The van der Waals surface area contributed by atoms with Gasteiger partial charge < -0.3 is 4.90 Å². The van der Waals surface area contributed by atoms with Crippen LogP contribution >= 0.6 is 0 Å². The molecule has 0 N–H and O–H groups in total. The molecule has 1 aromatic heterocycles. The Kier molecular flexibility index (Phi) is 4.33. The Bertz CT molecular complexity index is 376. The zero-order valence-electron chi connectivity index (χ0n) is 11.2. The molecule has 0 radical (unpaired) electrons. The smallest absolute Gasteiger partial charge is 0.225 e. The fourth-order valence-electron chi connectivity index (χ4n) is 2.64. The van der Waals surface area contributed by atoms with E-state index >= 15 is 0 Å². The monoisotopic (exact) mass is 250 g/mol. The van der Waals surface area contributed by atoms with Gasteiger partial charge in [0.15, 0.2) is 0 Å². The Morgan fingerprint density at radius 1 is 1.56 bits per heavy atom. The fourth-order valence-corrected chi connectivity index (χ4v) is 2.64. The van der Waals surface area contributed by atoms with Crippen molar-refractivity contribution in [2.45, 2.75) is 45.6 Å². The fraction of sp³-hybridized carbons (Fsp3) is 0.769. The number of nitrogens with zero attached hydrogens (tertiary/aromatic N) is 4. The molecule has 0 bridgehead atoms.